The molecule has 0 fully saturated rings. The molecule has 1 aromatic heterocycles. The van der Waals surface area contributed by atoms with Gasteiger partial charge in [-0.15, -0.1) is 0 Å². The molecule has 2 aromatic rings. The predicted molar refractivity (Wildman–Crippen MR) is 67.0 cm³/mol. The number of halogens is 1. The number of anilines is 1. The summed E-state index contributed by atoms with van der Waals surface area (Å²) in [5.41, 5.74) is 6.49. The molecule has 0 saturated heterocycles. The van der Waals surface area contributed by atoms with Crippen molar-refractivity contribution in [1.29, 1.82) is 0 Å². The lowest BCUT2D eigenvalue weighted by atomic mass is 10.1. The summed E-state index contributed by atoms with van der Waals surface area (Å²) in [4.78, 5) is 25.2. The van der Waals surface area contributed by atoms with Crippen molar-refractivity contribution in [2.24, 2.45) is 0 Å². The van der Waals surface area contributed by atoms with Crippen molar-refractivity contribution in [3.63, 3.8) is 0 Å². The number of aromatic amines is 1. The Balaban J connectivity index is 2.35. The standard InChI is InChI=1S/C12H9ClN2O3/c13-8-3-6(1-2-9(8)14)11(16)7-4-10(12(17)18)15-5-7/h1-5,15H,14H2,(H,17,18). The molecular weight excluding hydrogens is 256 g/mol. The minimum absolute atomic E-state index is 0.0418. The molecule has 2 rings (SSSR count). The number of carbonyl (C=O) groups excluding carboxylic acids is 1. The lowest BCUT2D eigenvalue weighted by molar-refractivity contribution is 0.0691. The molecule has 0 bridgehead atoms. The summed E-state index contributed by atoms with van der Waals surface area (Å²) in [6.45, 7) is 0. The fourth-order valence-corrected chi connectivity index (χ4v) is 1.66. The third-order valence-corrected chi connectivity index (χ3v) is 2.77. The third kappa shape index (κ3) is 2.21. The number of carboxylic acid groups (broad SMARTS) is 1. The molecule has 5 nitrogen and oxygen atoms in total. The average molecular weight is 265 g/mol. The molecular formula is C12H9ClN2O3. The first-order chi connectivity index (χ1) is 8.49. The number of carboxylic acids is 1. The monoisotopic (exact) mass is 264 g/mol. The molecule has 4 N–H and O–H groups in total. The number of nitrogen functional groups attached to an aromatic ring is 1. The van der Waals surface area contributed by atoms with Crippen LogP contribution < -0.4 is 5.73 Å². The van der Waals surface area contributed by atoms with Crippen LogP contribution in [0.5, 0.6) is 0 Å². The smallest absolute Gasteiger partial charge is 0.352 e. The van der Waals surface area contributed by atoms with E-state index in [4.69, 9.17) is 22.4 Å². The number of aromatic carboxylic acids is 1. The number of carbonyl (C=O) groups is 2. The summed E-state index contributed by atoms with van der Waals surface area (Å²) in [5.74, 6) is -1.44. The van der Waals surface area contributed by atoms with Crippen LogP contribution in [-0.2, 0) is 0 Å². The Morgan fingerprint density at radius 1 is 1.22 bits per heavy atom. The van der Waals surface area contributed by atoms with Crippen molar-refractivity contribution in [2.45, 2.75) is 0 Å². The van der Waals surface area contributed by atoms with E-state index in [0.29, 0.717) is 11.3 Å². The Labute approximate surface area is 107 Å². The Kier molecular flexibility index (Phi) is 3.08. The van der Waals surface area contributed by atoms with E-state index in [1.165, 1.54) is 30.5 Å². The molecule has 92 valence electrons. The zero-order chi connectivity index (χ0) is 13.3. The summed E-state index contributed by atoms with van der Waals surface area (Å²) in [7, 11) is 0. The molecule has 1 heterocycles. The van der Waals surface area contributed by atoms with Gasteiger partial charge in [0.2, 0.25) is 0 Å². The van der Waals surface area contributed by atoms with Crippen LogP contribution >= 0.6 is 11.6 Å². The van der Waals surface area contributed by atoms with E-state index >= 15 is 0 Å². The van der Waals surface area contributed by atoms with Crippen molar-refractivity contribution in [1.82, 2.24) is 4.98 Å². The van der Waals surface area contributed by atoms with E-state index < -0.39 is 5.97 Å². The van der Waals surface area contributed by atoms with Crippen molar-refractivity contribution in [2.75, 3.05) is 5.73 Å². The van der Waals surface area contributed by atoms with E-state index in [1.54, 1.807) is 0 Å². The summed E-state index contributed by atoms with van der Waals surface area (Å²) in [5, 5.41) is 9.04. The van der Waals surface area contributed by atoms with Crippen LogP contribution in [0.2, 0.25) is 5.02 Å². The van der Waals surface area contributed by atoms with Crippen molar-refractivity contribution in [3.05, 3.63) is 52.3 Å². The fourth-order valence-electron chi connectivity index (χ4n) is 1.48. The number of hydrogen-bond donors (Lipinski definition) is 3. The maximum absolute atomic E-state index is 12.0. The van der Waals surface area contributed by atoms with Crippen LogP contribution in [0.25, 0.3) is 0 Å². The number of rotatable bonds is 3. The van der Waals surface area contributed by atoms with Gasteiger partial charge in [0, 0.05) is 17.3 Å². The van der Waals surface area contributed by atoms with E-state index in [1.807, 2.05) is 0 Å². The van der Waals surface area contributed by atoms with E-state index in [2.05, 4.69) is 4.98 Å². The van der Waals surface area contributed by atoms with Crippen molar-refractivity contribution in [3.8, 4) is 0 Å². The normalized spacial score (nSPS) is 10.3. The van der Waals surface area contributed by atoms with Crippen LogP contribution in [0.1, 0.15) is 26.4 Å². The van der Waals surface area contributed by atoms with Gasteiger partial charge < -0.3 is 15.8 Å². The number of nitrogens with one attached hydrogen (secondary N) is 1. The number of H-pyrrole nitrogens is 1. The second-order valence-corrected chi connectivity index (χ2v) is 4.08. The Morgan fingerprint density at radius 3 is 2.50 bits per heavy atom. The van der Waals surface area contributed by atoms with Crippen molar-refractivity contribution < 1.29 is 14.7 Å². The maximum Gasteiger partial charge on any atom is 0.352 e. The summed E-state index contributed by atoms with van der Waals surface area (Å²) in [6.07, 6.45) is 1.34. The molecule has 0 unspecified atom stereocenters. The van der Waals surface area contributed by atoms with Crippen LogP contribution in [-0.4, -0.2) is 21.8 Å². The molecule has 0 saturated carbocycles. The number of aromatic nitrogens is 1. The first-order valence-corrected chi connectivity index (χ1v) is 5.38. The second kappa shape index (κ2) is 4.54. The molecule has 0 spiro atoms. The highest BCUT2D eigenvalue weighted by Gasteiger charge is 2.14. The van der Waals surface area contributed by atoms with Gasteiger partial charge in [0.15, 0.2) is 5.78 Å². The Bertz CT molecular complexity index is 634. The van der Waals surface area contributed by atoms with E-state index in [0.717, 1.165) is 0 Å². The van der Waals surface area contributed by atoms with Crippen LogP contribution in [0.15, 0.2) is 30.5 Å². The first kappa shape index (κ1) is 12.2. The average Bonchev–Trinajstić information content (AvgIpc) is 2.81. The number of hydrogen-bond acceptors (Lipinski definition) is 3. The SMILES string of the molecule is Nc1ccc(C(=O)c2c[nH]c(C(=O)O)c2)cc1Cl. The molecule has 18 heavy (non-hydrogen) atoms. The highest BCUT2D eigenvalue weighted by Crippen LogP contribution is 2.21. The highest BCUT2D eigenvalue weighted by atomic mass is 35.5. The van der Waals surface area contributed by atoms with Crippen molar-refractivity contribution >= 4 is 29.0 Å². The van der Waals surface area contributed by atoms with Gasteiger partial charge in [0.05, 0.1) is 10.7 Å². The van der Waals surface area contributed by atoms with Gasteiger partial charge in [-0.25, -0.2) is 4.79 Å². The molecule has 1 aromatic carbocycles. The van der Waals surface area contributed by atoms with Crippen LogP contribution in [0, 0.1) is 0 Å². The zero-order valence-electron chi connectivity index (χ0n) is 9.11. The lowest BCUT2D eigenvalue weighted by Crippen LogP contribution is -2.01. The quantitative estimate of drug-likeness (QED) is 0.585. The van der Waals surface area contributed by atoms with Gasteiger partial charge in [0.1, 0.15) is 5.69 Å². The molecule has 0 amide bonds. The molecule has 0 atom stereocenters. The summed E-state index contributed by atoms with van der Waals surface area (Å²) in [6, 6.07) is 5.79. The number of ketones is 1. The molecule has 6 heteroatoms. The van der Waals surface area contributed by atoms with Crippen LogP contribution in [0.4, 0.5) is 5.69 Å². The molecule has 0 radical (unpaired) electrons. The minimum atomic E-state index is -1.12. The first-order valence-electron chi connectivity index (χ1n) is 5.00. The van der Waals surface area contributed by atoms with Gasteiger partial charge in [0.25, 0.3) is 0 Å². The van der Waals surface area contributed by atoms with Gasteiger partial charge in [-0.05, 0) is 24.3 Å². The van der Waals surface area contributed by atoms with Gasteiger partial charge in [-0.2, -0.15) is 0 Å². The van der Waals surface area contributed by atoms with Gasteiger partial charge in [-0.1, -0.05) is 11.6 Å². The zero-order valence-corrected chi connectivity index (χ0v) is 9.86. The fraction of sp³-hybridized carbons (Fsp3) is 0. The number of benzene rings is 1. The maximum atomic E-state index is 12.0. The predicted octanol–water partition coefficient (Wildman–Crippen LogP) is 2.18. The van der Waals surface area contributed by atoms with Gasteiger partial charge in [-0.3, -0.25) is 4.79 Å². The Hall–Kier alpha value is -2.27. The topological polar surface area (TPSA) is 96.2 Å². The lowest BCUT2D eigenvalue weighted by Gasteiger charge is -2.01. The minimum Gasteiger partial charge on any atom is -0.477 e. The van der Waals surface area contributed by atoms with Gasteiger partial charge >= 0.3 is 5.97 Å². The Morgan fingerprint density at radius 2 is 1.94 bits per heavy atom. The number of nitrogens with two attached hydrogens (primary N) is 1. The largest absolute Gasteiger partial charge is 0.477 e. The second-order valence-electron chi connectivity index (χ2n) is 3.67. The molecule has 0 aliphatic heterocycles. The van der Waals surface area contributed by atoms with E-state index in [9.17, 15) is 9.59 Å². The van der Waals surface area contributed by atoms with E-state index in [-0.39, 0.29) is 22.1 Å². The summed E-state index contributed by atoms with van der Waals surface area (Å²) < 4.78 is 0. The molecule has 0 aliphatic carbocycles. The molecule has 0 aliphatic rings. The summed E-state index contributed by atoms with van der Waals surface area (Å²) >= 11 is 5.82. The third-order valence-electron chi connectivity index (χ3n) is 2.44. The highest BCUT2D eigenvalue weighted by molar-refractivity contribution is 6.33. The van der Waals surface area contributed by atoms with Crippen LogP contribution in [0.3, 0.4) is 0 Å².